The average Bonchev–Trinajstić information content (AvgIpc) is 2.04. The summed E-state index contributed by atoms with van der Waals surface area (Å²) < 4.78 is 0. The van der Waals surface area contributed by atoms with Gasteiger partial charge in [-0.2, -0.15) is 0 Å². The van der Waals surface area contributed by atoms with Crippen molar-refractivity contribution in [3.05, 3.63) is 0 Å². The van der Waals surface area contributed by atoms with Gasteiger partial charge in [-0.25, -0.2) is 0 Å². The first-order valence-electron chi connectivity index (χ1n) is 3.95. The summed E-state index contributed by atoms with van der Waals surface area (Å²) in [7, 11) is 0. The Labute approximate surface area is 70.7 Å². The molecular formula is C8H12O2S. The molecule has 1 fully saturated rings. The number of hydrogen-bond acceptors (Lipinski definition) is 3. The third-order valence-corrected chi connectivity index (χ3v) is 2.96. The van der Waals surface area contributed by atoms with Crippen molar-refractivity contribution < 1.29 is 9.59 Å². The molecule has 62 valence electrons. The first kappa shape index (κ1) is 8.78. The molecule has 0 saturated carbocycles. The lowest BCUT2D eigenvalue weighted by Gasteiger charge is -2.17. The fourth-order valence-electron chi connectivity index (χ4n) is 1.22. The van der Waals surface area contributed by atoms with Gasteiger partial charge in [-0.05, 0) is 12.8 Å². The van der Waals surface area contributed by atoms with E-state index in [4.69, 9.17) is 0 Å². The second-order valence-electron chi connectivity index (χ2n) is 2.68. The summed E-state index contributed by atoms with van der Waals surface area (Å²) >= 11 is 1.31. The number of ketones is 1. The maximum Gasteiger partial charge on any atom is 0.199 e. The minimum Gasteiger partial charge on any atom is -0.299 e. The van der Waals surface area contributed by atoms with Crippen LogP contribution in [-0.2, 0) is 9.59 Å². The van der Waals surface area contributed by atoms with Crippen LogP contribution in [0.5, 0.6) is 0 Å². The molecule has 0 radical (unpaired) electrons. The molecule has 0 amide bonds. The van der Waals surface area contributed by atoms with E-state index in [1.54, 1.807) is 0 Å². The summed E-state index contributed by atoms with van der Waals surface area (Å²) in [5.41, 5.74) is 0. The van der Waals surface area contributed by atoms with Crippen LogP contribution in [0, 0.1) is 5.92 Å². The summed E-state index contributed by atoms with van der Waals surface area (Å²) in [5.74, 6) is 0.729. The van der Waals surface area contributed by atoms with E-state index in [0.29, 0.717) is 6.42 Å². The first-order valence-corrected chi connectivity index (χ1v) is 4.93. The minimum absolute atomic E-state index is 0.0862. The molecule has 2 nitrogen and oxygen atoms in total. The Bertz CT molecular complexity index is 169. The number of rotatable bonds is 2. The van der Waals surface area contributed by atoms with Gasteiger partial charge in [0.1, 0.15) is 5.78 Å². The van der Waals surface area contributed by atoms with E-state index in [2.05, 4.69) is 0 Å². The normalized spacial score (nSPS) is 25.2. The molecule has 1 saturated heterocycles. The van der Waals surface area contributed by atoms with Crippen LogP contribution < -0.4 is 0 Å². The molecule has 0 aromatic rings. The van der Waals surface area contributed by atoms with Gasteiger partial charge >= 0.3 is 0 Å². The molecule has 0 N–H and O–H groups in total. The maximum absolute atomic E-state index is 11.1. The Morgan fingerprint density at radius 3 is 3.00 bits per heavy atom. The largest absolute Gasteiger partial charge is 0.299 e. The lowest BCUT2D eigenvalue weighted by molar-refractivity contribution is -0.128. The van der Waals surface area contributed by atoms with Gasteiger partial charge in [0.15, 0.2) is 5.12 Å². The molecule has 1 heterocycles. The maximum atomic E-state index is 11.1. The van der Waals surface area contributed by atoms with Crippen molar-refractivity contribution in [3.63, 3.8) is 0 Å². The van der Waals surface area contributed by atoms with Crippen molar-refractivity contribution in [3.8, 4) is 0 Å². The third-order valence-electron chi connectivity index (χ3n) is 1.90. The van der Waals surface area contributed by atoms with Crippen molar-refractivity contribution >= 4 is 22.7 Å². The van der Waals surface area contributed by atoms with E-state index >= 15 is 0 Å². The van der Waals surface area contributed by atoms with Crippen molar-refractivity contribution in [2.45, 2.75) is 26.2 Å². The molecule has 1 aliphatic rings. The first-order chi connectivity index (χ1) is 5.25. The van der Waals surface area contributed by atoms with Crippen LogP contribution in [0.2, 0.25) is 0 Å². The van der Waals surface area contributed by atoms with Crippen molar-refractivity contribution in [2.75, 3.05) is 5.75 Å². The molecule has 0 spiro atoms. The Morgan fingerprint density at radius 2 is 2.45 bits per heavy atom. The number of thioether (sulfide) groups is 1. The van der Waals surface area contributed by atoms with Crippen LogP contribution in [-0.4, -0.2) is 16.7 Å². The molecule has 1 unspecified atom stereocenters. The van der Waals surface area contributed by atoms with Crippen LogP contribution >= 0.6 is 11.8 Å². The van der Waals surface area contributed by atoms with Gasteiger partial charge in [0.25, 0.3) is 0 Å². The highest BCUT2D eigenvalue weighted by Gasteiger charge is 2.27. The standard InChI is InChI=1S/C8H12O2S/c1-2-7(9)6-4-3-5-11-8(6)10/h6H,2-5H2,1H3. The van der Waals surface area contributed by atoms with E-state index < -0.39 is 0 Å². The fourth-order valence-corrected chi connectivity index (χ4v) is 2.18. The van der Waals surface area contributed by atoms with Gasteiger partial charge in [-0.3, -0.25) is 9.59 Å². The Hall–Kier alpha value is -0.310. The molecular weight excluding hydrogens is 160 g/mol. The van der Waals surface area contributed by atoms with Gasteiger partial charge in [0.2, 0.25) is 0 Å². The molecule has 0 bridgehead atoms. The molecule has 0 aromatic carbocycles. The minimum atomic E-state index is -0.279. The number of carbonyl (C=O) groups is 2. The predicted octanol–water partition coefficient (Wildman–Crippen LogP) is 1.64. The number of Topliss-reactive ketones (excluding diaryl/α,β-unsaturated/α-hetero) is 1. The lowest BCUT2D eigenvalue weighted by Crippen LogP contribution is -2.24. The Balaban J connectivity index is 2.54. The van der Waals surface area contributed by atoms with Gasteiger partial charge < -0.3 is 0 Å². The highest BCUT2D eigenvalue weighted by atomic mass is 32.2. The molecule has 1 aliphatic heterocycles. The van der Waals surface area contributed by atoms with E-state index in [9.17, 15) is 9.59 Å². The SMILES string of the molecule is CCC(=O)C1CCCSC1=O. The van der Waals surface area contributed by atoms with Crippen LogP contribution in [0.1, 0.15) is 26.2 Å². The zero-order chi connectivity index (χ0) is 8.27. The van der Waals surface area contributed by atoms with Crippen LogP contribution in [0.4, 0.5) is 0 Å². The summed E-state index contributed by atoms with van der Waals surface area (Å²) in [6, 6.07) is 0. The Kier molecular flexibility index (Phi) is 3.12. The van der Waals surface area contributed by atoms with Crippen molar-refractivity contribution in [1.82, 2.24) is 0 Å². The highest BCUT2D eigenvalue weighted by Crippen LogP contribution is 2.25. The van der Waals surface area contributed by atoms with Crippen molar-refractivity contribution in [1.29, 1.82) is 0 Å². The third kappa shape index (κ3) is 2.06. The van der Waals surface area contributed by atoms with E-state index in [-0.39, 0.29) is 16.8 Å². The van der Waals surface area contributed by atoms with Gasteiger partial charge in [-0.1, -0.05) is 18.7 Å². The predicted molar refractivity (Wildman–Crippen MR) is 45.5 cm³/mol. The summed E-state index contributed by atoms with van der Waals surface area (Å²) in [6.07, 6.45) is 2.28. The number of carbonyl (C=O) groups excluding carboxylic acids is 2. The van der Waals surface area contributed by atoms with Gasteiger partial charge in [0, 0.05) is 12.2 Å². The fraction of sp³-hybridized carbons (Fsp3) is 0.750. The van der Waals surface area contributed by atoms with E-state index in [0.717, 1.165) is 18.6 Å². The average molecular weight is 172 g/mol. The molecule has 1 atom stereocenters. The molecule has 0 aromatic heterocycles. The van der Waals surface area contributed by atoms with Crippen molar-refractivity contribution in [2.24, 2.45) is 5.92 Å². The highest BCUT2D eigenvalue weighted by molar-refractivity contribution is 8.13. The zero-order valence-corrected chi connectivity index (χ0v) is 7.45. The molecule has 0 aliphatic carbocycles. The zero-order valence-electron chi connectivity index (χ0n) is 6.63. The Morgan fingerprint density at radius 1 is 1.73 bits per heavy atom. The second kappa shape index (κ2) is 3.90. The smallest absolute Gasteiger partial charge is 0.199 e. The van der Waals surface area contributed by atoms with Crippen LogP contribution in [0.15, 0.2) is 0 Å². The van der Waals surface area contributed by atoms with Gasteiger partial charge in [-0.15, -0.1) is 0 Å². The summed E-state index contributed by atoms with van der Waals surface area (Å²) in [5, 5.41) is 0.0862. The second-order valence-corrected chi connectivity index (χ2v) is 3.78. The van der Waals surface area contributed by atoms with Crippen LogP contribution in [0.3, 0.4) is 0 Å². The lowest BCUT2D eigenvalue weighted by atomic mass is 9.98. The quantitative estimate of drug-likeness (QED) is 0.594. The van der Waals surface area contributed by atoms with E-state index in [1.165, 1.54) is 11.8 Å². The summed E-state index contributed by atoms with van der Waals surface area (Å²) in [6.45, 7) is 1.81. The van der Waals surface area contributed by atoms with Crippen LogP contribution in [0.25, 0.3) is 0 Å². The topological polar surface area (TPSA) is 34.1 Å². The van der Waals surface area contributed by atoms with Gasteiger partial charge in [0.05, 0.1) is 5.92 Å². The summed E-state index contributed by atoms with van der Waals surface area (Å²) in [4.78, 5) is 22.3. The molecule has 11 heavy (non-hydrogen) atoms. The number of hydrogen-bond donors (Lipinski definition) is 0. The van der Waals surface area contributed by atoms with E-state index in [1.807, 2.05) is 6.92 Å². The molecule has 3 heteroatoms. The molecule has 1 rings (SSSR count). The monoisotopic (exact) mass is 172 g/mol.